The van der Waals surface area contributed by atoms with E-state index in [1.54, 1.807) is 6.92 Å². The van der Waals surface area contributed by atoms with Crippen LogP contribution in [0, 0.1) is 6.92 Å². The lowest BCUT2D eigenvalue weighted by Crippen LogP contribution is -2.20. The van der Waals surface area contributed by atoms with Gasteiger partial charge in [-0.2, -0.15) is 5.10 Å². The molecule has 0 aliphatic heterocycles. The predicted molar refractivity (Wildman–Crippen MR) is 86.1 cm³/mol. The van der Waals surface area contributed by atoms with Gasteiger partial charge in [-0.15, -0.1) is 10.2 Å². The standard InChI is InChI=1S/C16H19N5O/c1-11-15(22)17-16(20-18-11)21-19-14-10-6-5-9-13(14)12-7-3-2-4-8-12/h2-4,7-8,13H,5-6,9-10H2,1H3,(H2,17,20,21,22)/t13-/m0/s1. The number of hydrogen-bond acceptors (Lipinski definition) is 5. The maximum atomic E-state index is 11.5. The Kier molecular flexibility index (Phi) is 4.27. The lowest BCUT2D eigenvalue weighted by Gasteiger charge is -2.24. The fraction of sp³-hybridized carbons (Fsp3) is 0.375. The van der Waals surface area contributed by atoms with Gasteiger partial charge in [0.15, 0.2) is 0 Å². The van der Waals surface area contributed by atoms with Gasteiger partial charge in [-0.1, -0.05) is 36.8 Å². The molecule has 2 N–H and O–H groups in total. The number of benzene rings is 1. The molecule has 0 saturated heterocycles. The van der Waals surface area contributed by atoms with Crippen molar-refractivity contribution in [3.05, 3.63) is 51.9 Å². The van der Waals surface area contributed by atoms with E-state index in [2.05, 4.69) is 50.0 Å². The highest BCUT2D eigenvalue weighted by Crippen LogP contribution is 2.30. The van der Waals surface area contributed by atoms with Gasteiger partial charge in [-0.05, 0) is 31.7 Å². The molecule has 0 bridgehead atoms. The summed E-state index contributed by atoms with van der Waals surface area (Å²) in [6.45, 7) is 1.62. The Morgan fingerprint density at radius 1 is 1.23 bits per heavy atom. The van der Waals surface area contributed by atoms with E-state index in [1.807, 2.05) is 6.07 Å². The average molecular weight is 297 g/mol. The molecule has 114 valence electrons. The van der Waals surface area contributed by atoms with E-state index in [9.17, 15) is 4.79 Å². The molecule has 0 unspecified atom stereocenters. The van der Waals surface area contributed by atoms with Crippen LogP contribution in [0.1, 0.15) is 42.9 Å². The third kappa shape index (κ3) is 3.21. The highest BCUT2D eigenvalue weighted by atomic mass is 16.1. The van der Waals surface area contributed by atoms with Crippen LogP contribution in [0.25, 0.3) is 0 Å². The third-order valence-corrected chi connectivity index (χ3v) is 3.95. The molecular weight excluding hydrogens is 278 g/mol. The molecule has 3 rings (SSSR count). The molecule has 1 fully saturated rings. The Bertz CT molecular complexity index is 723. The summed E-state index contributed by atoms with van der Waals surface area (Å²) in [5.41, 5.74) is 5.32. The second-order valence-corrected chi connectivity index (χ2v) is 5.51. The summed E-state index contributed by atoms with van der Waals surface area (Å²) in [7, 11) is 0. The van der Waals surface area contributed by atoms with Gasteiger partial charge in [0.2, 0.25) is 5.95 Å². The predicted octanol–water partition coefficient (Wildman–Crippen LogP) is 2.60. The molecule has 6 nitrogen and oxygen atoms in total. The molecular formula is C16H19N5O. The first-order valence-corrected chi connectivity index (χ1v) is 7.55. The van der Waals surface area contributed by atoms with Crippen molar-refractivity contribution < 1.29 is 0 Å². The van der Waals surface area contributed by atoms with Crippen LogP contribution < -0.4 is 11.0 Å². The molecule has 1 saturated carbocycles. The van der Waals surface area contributed by atoms with Crippen molar-refractivity contribution >= 4 is 11.7 Å². The average Bonchev–Trinajstić information content (AvgIpc) is 2.57. The monoisotopic (exact) mass is 297 g/mol. The number of rotatable bonds is 3. The molecule has 1 aromatic heterocycles. The third-order valence-electron chi connectivity index (χ3n) is 3.95. The molecule has 1 aliphatic rings. The number of anilines is 1. The van der Waals surface area contributed by atoms with Crippen molar-refractivity contribution in [2.45, 2.75) is 38.5 Å². The maximum absolute atomic E-state index is 11.5. The van der Waals surface area contributed by atoms with Crippen molar-refractivity contribution in [1.82, 2.24) is 15.2 Å². The van der Waals surface area contributed by atoms with Gasteiger partial charge in [0.05, 0.1) is 0 Å². The molecule has 6 heteroatoms. The largest absolute Gasteiger partial charge is 0.288 e. The topological polar surface area (TPSA) is 83.0 Å². The minimum absolute atomic E-state index is 0.249. The van der Waals surface area contributed by atoms with Crippen LogP contribution in [-0.2, 0) is 0 Å². The van der Waals surface area contributed by atoms with Crippen molar-refractivity contribution in [2.24, 2.45) is 5.10 Å². The molecule has 1 atom stereocenters. The van der Waals surface area contributed by atoms with E-state index in [4.69, 9.17) is 0 Å². The van der Waals surface area contributed by atoms with Crippen molar-refractivity contribution in [2.75, 3.05) is 5.43 Å². The summed E-state index contributed by atoms with van der Waals surface area (Å²) in [5.74, 6) is 0.605. The summed E-state index contributed by atoms with van der Waals surface area (Å²) in [6.07, 6.45) is 4.40. The molecule has 2 aromatic rings. The zero-order chi connectivity index (χ0) is 15.4. The Morgan fingerprint density at radius 3 is 2.82 bits per heavy atom. The molecule has 1 aromatic carbocycles. The molecule has 1 heterocycles. The first-order chi connectivity index (χ1) is 10.7. The maximum Gasteiger partial charge on any atom is 0.274 e. The van der Waals surface area contributed by atoms with Gasteiger partial charge < -0.3 is 0 Å². The first kappa shape index (κ1) is 14.4. The number of nitrogens with one attached hydrogen (secondary N) is 2. The van der Waals surface area contributed by atoms with E-state index < -0.39 is 0 Å². The molecule has 0 spiro atoms. The fourth-order valence-corrected chi connectivity index (χ4v) is 2.74. The van der Waals surface area contributed by atoms with Crippen LogP contribution in [0.15, 0.2) is 40.2 Å². The lowest BCUT2D eigenvalue weighted by molar-refractivity contribution is 0.611. The molecule has 0 amide bonds. The SMILES string of the molecule is Cc1nnc(NN=C2CCCC[C@H]2c2ccccc2)[nH]c1=O. The number of hydrazone groups is 1. The molecule has 22 heavy (non-hydrogen) atoms. The minimum atomic E-state index is -0.249. The zero-order valence-corrected chi connectivity index (χ0v) is 12.5. The van der Waals surface area contributed by atoms with E-state index >= 15 is 0 Å². The smallest absolute Gasteiger partial charge is 0.274 e. The Morgan fingerprint density at radius 2 is 2.05 bits per heavy atom. The summed E-state index contributed by atoms with van der Waals surface area (Å²) in [6, 6.07) is 10.4. The second kappa shape index (κ2) is 6.51. The van der Waals surface area contributed by atoms with E-state index in [0.29, 0.717) is 11.6 Å². The number of aryl methyl sites for hydroxylation is 1. The molecule has 0 radical (unpaired) electrons. The van der Waals surface area contributed by atoms with E-state index in [1.165, 1.54) is 12.0 Å². The number of aromatic nitrogens is 3. The van der Waals surface area contributed by atoms with Crippen LogP contribution in [-0.4, -0.2) is 20.9 Å². The van der Waals surface area contributed by atoms with E-state index in [0.717, 1.165) is 25.0 Å². The van der Waals surface area contributed by atoms with E-state index in [-0.39, 0.29) is 11.5 Å². The highest BCUT2D eigenvalue weighted by Gasteiger charge is 2.22. The second-order valence-electron chi connectivity index (χ2n) is 5.51. The summed E-state index contributed by atoms with van der Waals surface area (Å²) in [5, 5.41) is 12.2. The number of hydrogen-bond donors (Lipinski definition) is 2. The van der Waals surface area contributed by atoms with Crippen molar-refractivity contribution in [3.8, 4) is 0 Å². The fourth-order valence-electron chi connectivity index (χ4n) is 2.74. The van der Waals surface area contributed by atoms with Gasteiger partial charge in [-0.3, -0.25) is 9.78 Å². The number of H-pyrrole nitrogens is 1. The lowest BCUT2D eigenvalue weighted by atomic mass is 9.82. The van der Waals surface area contributed by atoms with Gasteiger partial charge in [-0.25, -0.2) is 5.43 Å². The normalized spacial score (nSPS) is 20.0. The van der Waals surface area contributed by atoms with Gasteiger partial charge in [0.1, 0.15) is 5.69 Å². The van der Waals surface area contributed by atoms with Crippen LogP contribution >= 0.6 is 0 Å². The van der Waals surface area contributed by atoms with Crippen LogP contribution in [0.4, 0.5) is 5.95 Å². The van der Waals surface area contributed by atoms with Crippen LogP contribution in [0.3, 0.4) is 0 Å². The quantitative estimate of drug-likeness (QED) is 0.853. The van der Waals surface area contributed by atoms with Gasteiger partial charge >= 0.3 is 0 Å². The first-order valence-electron chi connectivity index (χ1n) is 7.55. The summed E-state index contributed by atoms with van der Waals surface area (Å²) < 4.78 is 0. The Balaban J connectivity index is 1.81. The highest BCUT2D eigenvalue weighted by molar-refractivity contribution is 5.92. The molecule has 1 aliphatic carbocycles. The van der Waals surface area contributed by atoms with Gasteiger partial charge in [0.25, 0.3) is 5.56 Å². The number of nitrogens with zero attached hydrogens (tertiary/aromatic N) is 3. The summed E-state index contributed by atoms with van der Waals surface area (Å²) >= 11 is 0. The van der Waals surface area contributed by atoms with Crippen molar-refractivity contribution in [1.29, 1.82) is 0 Å². The van der Waals surface area contributed by atoms with Crippen LogP contribution in [0.2, 0.25) is 0 Å². The zero-order valence-electron chi connectivity index (χ0n) is 12.5. The Hall–Kier alpha value is -2.50. The van der Waals surface area contributed by atoms with Crippen LogP contribution in [0.5, 0.6) is 0 Å². The number of aromatic amines is 1. The van der Waals surface area contributed by atoms with Crippen molar-refractivity contribution in [3.63, 3.8) is 0 Å². The Labute approximate surface area is 128 Å². The summed E-state index contributed by atoms with van der Waals surface area (Å²) in [4.78, 5) is 14.2. The minimum Gasteiger partial charge on any atom is -0.288 e. The van der Waals surface area contributed by atoms with Gasteiger partial charge in [0, 0.05) is 11.6 Å².